The summed E-state index contributed by atoms with van der Waals surface area (Å²) >= 11 is 0. The van der Waals surface area contributed by atoms with E-state index in [1.807, 2.05) is 0 Å². The van der Waals surface area contributed by atoms with Crippen LogP contribution in [-0.4, -0.2) is 42.3 Å². The predicted molar refractivity (Wildman–Crippen MR) is 98.8 cm³/mol. The van der Waals surface area contributed by atoms with Gasteiger partial charge in [-0.05, 0) is 29.8 Å². The zero-order valence-corrected chi connectivity index (χ0v) is 16.7. The number of fused-ring (bicyclic) bond motifs is 3. The van der Waals surface area contributed by atoms with Gasteiger partial charge in [-0.15, -0.1) is 0 Å². The van der Waals surface area contributed by atoms with Crippen LogP contribution >= 0.6 is 0 Å². The molecule has 0 saturated carbocycles. The Morgan fingerprint density at radius 3 is 2.41 bits per heavy atom. The first-order valence-corrected chi connectivity index (χ1v) is 9.56. The number of ether oxygens (including phenoxy) is 1. The predicted octanol–water partition coefficient (Wildman–Crippen LogP) is 4.26. The van der Waals surface area contributed by atoms with E-state index in [4.69, 9.17) is 0 Å². The van der Waals surface area contributed by atoms with Gasteiger partial charge in [-0.3, -0.25) is 10.1 Å². The molecule has 2 aromatic carbocycles. The topological polar surface area (TPSA) is 70.7 Å². The van der Waals surface area contributed by atoms with E-state index in [0.717, 1.165) is 23.1 Å². The zero-order chi connectivity index (χ0) is 25.0. The summed E-state index contributed by atoms with van der Waals surface area (Å²) in [7, 11) is 0. The van der Waals surface area contributed by atoms with E-state index >= 15 is 0 Å². The second-order valence-electron chi connectivity index (χ2n) is 7.46. The molecule has 1 unspecified atom stereocenters. The number of alkyl halides is 6. The Morgan fingerprint density at radius 1 is 1.09 bits per heavy atom. The van der Waals surface area contributed by atoms with Crippen molar-refractivity contribution in [1.82, 2.24) is 10.2 Å². The number of hydrogen-bond acceptors (Lipinski definition) is 5. The van der Waals surface area contributed by atoms with Crippen LogP contribution < -0.4 is 10.6 Å². The van der Waals surface area contributed by atoms with Crippen molar-refractivity contribution in [1.29, 1.82) is 0 Å². The van der Waals surface area contributed by atoms with Crippen molar-refractivity contribution in [2.45, 2.75) is 24.6 Å². The normalized spacial score (nSPS) is 20.1. The Bertz CT molecular complexity index is 1160. The van der Waals surface area contributed by atoms with Crippen molar-refractivity contribution in [3.8, 4) is 0 Å². The molecule has 2 aromatic rings. The fourth-order valence-corrected chi connectivity index (χ4v) is 3.91. The summed E-state index contributed by atoms with van der Waals surface area (Å²) in [4.78, 5) is 25.0. The van der Waals surface area contributed by atoms with Gasteiger partial charge in [0.15, 0.2) is 6.23 Å². The molecule has 0 aliphatic carbocycles. The number of rotatable bonds is 3. The maximum atomic E-state index is 14.0. The number of benzene rings is 2. The van der Waals surface area contributed by atoms with Gasteiger partial charge in [-0.2, -0.15) is 26.3 Å². The van der Waals surface area contributed by atoms with E-state index in [-0.39, 0.29) is 24.3 Å². The first-order chi connectivity index (χ1) is 15.8. The Hall–Kier alpha value is -3.42. The first-order valence-electron chi connectivity index (χ1n) is 9.56. The molecule has 0 spiro atoms. The number of amides is 1. The number of hydrogen-bond donors (Lipinski definition) is 2. The van der Waals surface area contributed by atoms with Gasteiger partial charge >= 0.3 is 18.3 Å². The lowest BCUT2D eigenvalue weighted by atomic mass is 9.96. The largest absolute Gasteiger partial charge is 0.490 e. The molecule has 182 valence electrons. The van der Waals surface area contributed by atoms with Crippen LogP contribution in [0.25, 0.3) is 0 Å². The highest BCUT2D eigenvalue weighted by molar-refractivity contribution is 6.02. The number of carbonyl (C=O) groups excluding carboxylic acids is 2. The number of piperazine rings is 1. The lowest BCUT2D eigenvalue weighted by molar-refractivity contribution is -0.210. The molecule has 2 aliphatic rings. The van der Waals surface area contributed by atoms with Gasteiger partial charge in [0.2, 0.25) is 0 Å². The molecule has 0 aromatic heterocycles. The highest BCUT2D eigenvalue weighted by Gasteiger charge is 2.52. The first kappa shape index (κ1) is 23.7. The number of halogens is 8. The molecular formula is C20H13F8N3O3. The van der Waals surface area contributed by atoms with Gasteiger partial charge in [-0.25, -0.2) is 13.6 Å². The lowest BCUT2D eigenvalue weighted by Gasteiger charge is -2.37. The van der Waals surface area contributed by atoms with Gasteiger partial charge in [0, 0.05) is 24.8 Å². The Labute approximate surface area is 185 Å². The highest BCUT2D eigenvalue weighted by atomic mass is 19.4. The fourth-order valence-electron chi connectivity index (χ4n) is 3.91. The number of nitrogens with zero attached hydrogens (tertiary/aromatic N) is 1. The lowest BCUT2D eigenvalue weighted by Crippen LogP contribution is -2.54. The molecule has 0 bridgehead atoms. The van der Waals surface area contributed by atoms with Crippen LogP contribution in [0.5, 0.6) is 0 Å². The average Bonchev–Trinajstić information content (AvgIpc) is 3.01. The van der Waals surface area contributed by atoms with Crippen molar-refractivity contribution < 1.29 is 49.4 Å². The molecule has 2 heterocycles. The minimum absolute atomic E-state index is 0.153. The monoisotopic (exact) mass is 495 g/mol. The van der Waals surface area contributed by atoms with Gasteiger partial charge < -0.3 is 15.0 Å². The van der Waals surface area contributed by atoms with Crippen LogP contribution in [0.15, 0.2) is 30.3 Å². The van der Waals surface area contributed by atoms with Gasteiger partial charge in [0.05, 0.1) is 16.8 Å². The maximum absolute atomic E-state index is 14.0. The van der Waals surface area contributed by atoms with Gasteiger partial charge in [-0.1, -0.05) is 0 Å². The summed E-state index contributed by atoms with van der Waals surface area (Å²) in [6.07, 6.45) is -12.2. The third-order valence-corrected chi connectivity index (χ3v) is 5.26. The van der Waals surface area contributed by atoms with Crippen molar-refractivity contribution in [3.63, 3.8) is 0 Å². The number of anilines is 2. The molecule has 2 N–H and O–H groups in total. The minimum atomic E-state index is -5.38. The van der Waals surface area contributed by atoms with Crippen molar-refractivity contribution in [3.05, 3.63) is 58.7 Å². The van der Waals surface area contributed by atoms with Crippen LogP contribution in [0.4, 0.5) is 46.5 Å². The van der Waals surface area contributed by atoms with E-state index in [1.165, 1.54) is 0 Å². The molecule has 34 heavy (non-hydrogen) atoms. The zero-order valence-electron chi connectivity index (χ0n) is 16.7. The number of nitrogens with one attached hydrogen (secondary N) is 2. The highest BCUT2D eigenvalue weighted by Crippen LogP contribution is 2.46. The molecule has 1 amide bonds. The van der Waals surface area contributed by atoms with E-state index in [9.17, 15) is 44.7 Å². The second kappa shape index (κ2) is 8.11. The minimum Gasteiger partial charge on any atom is -0.437 e. The summed E-state index contributed by atoms with van der Waals surface area (Å²) in [5.74, 6) is -5.76. The van der Waals surface area contributed by atoms with Crippen molar-refractivity contribution in [2.75, 3.05) is 18.4 Å². The van der Waals surface area contributed by atoms with E-state index in [2.05, 4.69) is 15.4 Å². The smallest absolute Gasteiger partial charge is 0.437 e. The van der Waals surface area contributed by atoms with Crippen molar-refractivity contribution in [2.24, 2.45) is 0 Å². The quantitative estimate of drug-likeness (QED) is 0.492. The van der Waals surface area contributed by atoms with Gasteiger partial charge in [0.1, 0.15) is 17.7 Å². The maximum Gasteiger partial charge on any atom is 0.490 e. The molecule has 2 atom stereocenters. The van der Waals surface area contributed by atoms with Crippen molar-refractivity contribution >= 4 is 23.3 Å². The Kier molecular flexibility index (Phi) is 5.66. The summed E-state index contributed by atoms with van der Waals surface area (Å²) in [5.41, 5.74) is -3.39. The summed E-state index contributed by atoms with van der Waals surface area (Å²) in [6.45, 7) is -0.329. The average molecular weight is 495 g/mol. The molecular weight excluding hydrogens is 482 g/mol. The van der Waals surface area contributed by atoms with E-state index in [1.54, 1.807) is 0 Å². The molecule has 0 radical (unpaired) electrons. The molecule has 1 saturated heterocycles. The summed E-state index contributed by atoms with van der Waals surface area (Å²) in [5, 5.41) is 4.81. The Balaban J connectivity index is 1.81. The Morgan fingerprint density at radius 2 is 1.79 bits per heavy atom. The van der Waals surface area contributed by atoms with Crippen LogP contribution in [0.2, 0.25) is 0 Å². The standard InChI is InChI=1S/C20H13F8N3O3/c21-8-1-2-13(12(22)5-8)30-9-6-10-14(11(7-9)19(23,24)25)17(32)31-4-3-29-16(15(10)31)34-18(33)20(26,27)28/h1-2,5-7,15-16,29-30H,3-4H2/t15-,16?/m1/s1. The van der Waals surface area contributed by atoms with E-state index < -0.39 is 64.9 Å². The fraction of sp³-hybridized carbons (Fsp3) is 0.300. The summed E-state index contributed by atoms with van der Waals surface area (Å²) in [6, 6.07) is 2.30. The molecule has 2 aliphatic heterocycles. The van der Waals surface area contributed by atoms with Crippen LogP contribution in [0.1, 0.15) is 27.5 Å². The molecule has 14 heteroatoms. The third-order valence-electron chi connectivity index (χ3n) is 5.26. The molecule has 1 fully saturated rings. The molecule has 4 rings (SSSR count). The van der Waals surface area contributed by atoms with E-state index in [0.29, 0.717) is 12.1 Å². The number of carbonyl (C=O) groups is 2. The second-order valence-corrected chi connectivity index (χ2v) is 7.46. The van der Waals surface area contributed by atoms with Crippen LogP contribution in [0.3, 0.4) is 0 Å². The van der Waals surface area contributed by atoms with Crippen LogP contribution in [-0.2, 0) is 15.7 Å². The summed E-state index contributed by atoms with van der Waals surface area (Å²) < 4.78 is 111. The number of esters is 1. The van der Waals surface area contributed by atoms with Crippen LogP contribution in [0, 0.1) is 11.6 Å². The third kappa shape index (κ3) is 4.24. The molecule has 6 nitrogen and oxygen atoms in total. The SMILES string of the molecule is O=C1c2c(cc(Nc3ccc(F)cc3F)cc2C(F)(F)F)[C@@H]2C(OC(=O)C(F)(F)F)NCCN12. The van der Waals surface area contributed by atoms with Gasteiger partial charge in [0.25, 0.3) is 5.91 Å².